The molecule has 0 unspecified atom stereocenters. The molecule has 7 heterocycles. The SMILES string of the molecule is CCC[C@@H](N)C[C@H]1CCCOC1.CCC[C@H](C[C@H]1CCCOC1)NC(=O)N1CCC[C@@H]([C@@H](OCCNC(=O)OC)c2cccc(Cl)c2)C1.CNC[C@H](C[C@H]1CCCOC1)NC(=O)N1CCC[C@@H]([C@@H](OCCNC(=O)OC)c2cccc(Cl)c2)C1.COC(=O)NCCO[C@@H](c1cccc(Cl)c1)[C@@H]1CCCN(C(=O)OC(C)(C)C)C1.COC(=O)NCCO[C@@H](c1cccc(Cl)c1)[C@@H]1CCCNC1. The number of benzene rings is 4. The van der Waals surface area contributed by atoms with Crippen molar-refractivity contribution in [3.63, 3.8) is 0 Å². The second kappa shape index (κ2) is 65.5. The number of carbonyl (C=O) groups is 7. The number of halogens is 4. The standard InChI is InChI=1S/C27H42ClN3O5.C26H41ClN4O5.C21H31ClN2O5.C16H23ClN2O3.C10H21NO/c1-3-7-24(16-20-8-6-14-35-19-20)30-26(32)31-13-5-10-22(18-31)25(21-9-4-11-23(28)17-21)36-15-12-29-27(33)34-2;1-28-16-23(14-19-6-5-12-35-18-19)30-25(32)31-11-4-8-21(17-31)24(20-7-3-9-22(27)15-20)36-13-10-29-26(33)34-2;1-21(2,3)29-20(26)24-11-6-8-16(14-24)18(15-7-5-9-17(22)13-15)28-12-10-23-19(25)27-4;1-21-16(20)19-8-9-22-15(13-5-3-7-18-11-13)12-4-2-6-14(17)10-12;1-2-4-10(11)7-9-5-3-6-12-8-9/h4,9,11,17,20,22,24-25H,3,5-8,10,12-16,18-19H2,1-2H3,(H,29,33)(H,30,32);3,7,9,15,19,21,23-24,28H,4-6,8,10-14,16-18H2,1-2H3,(H,29,33)(H,30,32);5,7,9,13,16,18H,6,8,10-12,14H2,1-4H3,(H,23,25);2,4,6,10,13,15,18H,3,5,7-9,11H2,1H3,(H,19,20);9-10H,2-8,11H2,1H3/t20-,22-,24-,25+;19-,21-,23+,24+;16-,18+;13-,15+;9-,10-/m11111/s1. The lowest BCUT2D eigenvalue weighted by Gasteiger charge is -2.38. The van der Waals surface area contributed by atoms with Crippen LogP contribution >= 0.6 is 46.4 Å². The van der Waals surface area contributed by atoms with E-state index in [0.717, 1.165) is 203 Å². The first-order valence-corrected chi connectivity index (χ1v) is 50.4. The molecule has 760 valence electrons. The van der Waals surface area contributed by atoms with Gasteiger partial charge in [-0.2, -0.15) is 0 Å². The Balaban J connectivity index is 0.000000238. The van der Waals surface area contributed by atoms with Gasteiger partial charge in [0.2, 0.25) is 0 Å². The second-order valence-electron chi connectivity index (χ2n) is 36.8. The van der Waals surface area contributed by atoms with E-state index in [2.05, 4.69) is 75.3 Å². The van der Waals surface area contributed by atoms with Crippen molar-refractivity contribution >= 4 is 88.9 Å². The van der Waals surface area contributed by atoms with Crippen molar-refractivity contribution in [2.75, 3.05) is 187 Å². The maximum absolute atomic E-state index is 13.3. The number of urea groups is 2. The van der Waals surface area contributed by atoms with Crippen molar-refractivity contribution < 1.29 is 90.4 Å². The molecule has 7 aliphatic rings. The summed E-state index contributed by atoms with van der Waals surface area (Å²) >= 11 is 24.9. The van der Waals surface area contributed by atoms with E-state index in [1.165, 1.54) is 54.1 Å². The predicted octanol–water partition coefficient (Wildman–Crippen LogP) is 17.8. The summed E-state index contributed by atoms with van der Waals surface area (Å²) in [6.07, 6.45) is 19.2. The average molecular weight is 1970 g/mol. The summed E-state index contributed by atoms with van der Waals surface area (Å²) < 4.78 is 65.3. The molecule has 0 radical (unpaired) electrons. The lowest BCUT2D eigenvalue weighted by Crippen LogP contribution is -2.52. The summed E-state index contributed by atoms with van der Waals surface area (Å²) in [5.74, 6) is 2.46. The third-order valence-corrected chi connectivity index (χ3v) is 25.8. The molecule has 0 aromatic heterocycles. The van der Waals surface area contributed by atoms with Gasteiger partial charge in [0.15, 0.2) is 0 Å². The quantitative estimate of drug-likeness (QED) is 0.0149. The van der Waals surface area contributed by atoms with Gasteiger partial charge in [-0.3, -0.25) is 0 Å². The Morgan fingerprint density at radius 3 is 1.12 bits per heavy atom. The molecule has 0 saturated carbocycles. The minimum atomic E-state index is -0.535. The van der Waals surface area contributed by atoms with Gasteiger partial charge >= 0.3 is 42.5 Å². The fourth-order valence-corrected chi connectivity index (χ4v) is 19.2. The van der Waals surface area contributed by atoms with E-state index in [9.17, 15) is 33.6 Å². The van der Waals surface area contributed by atoms with Crippen molar-refractivity contribution in [1.82, 2.24) is 57.2 Å². The van der Waals surface area contributed by atoms with Crippen molar-refractivity contribution in [2.45, 2.75) is 218 Å². The van der Waals surface area contributed by atoms with Crippen LogP contribution in [0.25, 0.3) is 0 Å². The molecule has 9 amide bonds. The van der Waals surface area contributed by atoms with Crippen LogP contribution in [0.5, 0.6) is 0 Å². The number of methoxy groups -OCH3 is 4. The summed E-state index contributed by atoms with van der Waals surface area (Å²) in [7, 11) is 7.24. The summed E-state index contributed by atoms with van der Waals surface area (Å²) in [4.78, 5) is 89.8. The zero-order valence-corrected chi connectivity index (χ0v) is 84.6. The molecule has 7 saturated heterocycles. The van der Waals surface area contributed by atoms with Gasteiger partial charge < -0.3 is 120 Å². The number of alkyl carbamates (subject to hydrolysis) is 4. The predicted molar refractivity (Wildman–Crippen MR) is 528 cm³/mol. The third-order valence-electron chi connectivity index (χ3n) is 24.8. The van der Waals surface area contributed by atoms with Gasteiger partial charge in [0, 0.05) is 180 Å². The van der Waals surface area contributed by atoms with E-state index < -0.39 is 30.0 Å². The number of piperidine rings is 4. The molecule has 14 atom stereocenters. The van der Waals surface area contributed by atoms with Crippen molar-refractivity contribution in [3.8, 4) is 0 Å². The van der Waals surface area contributed by atoms with Crippen molar-refractivity contribution in [2.24, 2.45) is 47.2 Å². The van der Waals surface area contributed by atoms with Crippen LogP contribution in [0, 0.1) is 41.4 Å². The number of nitrogens with two attached hydrogens (primary N) is 1. The first kappa shape index (κ1) is 115. The Morgan fingerprint density at radius 1 is 0.452 bits per heavy atom. The fraction of sp³-hybridized carbons (Fsp3) is 0.690. The maximum Gasteiger partial charge on any atom is 0.410 e. The van der Waals surface area contributed by atoms with E-state index in [4.69, 9.17) is 90.0 Å². The van der Waals surface area contributed by atoms with Gasteiger partial charge in [-0.25, -0.2) is 33.6 Å². The normalized spacial score (nSPS) is 21.1. The lowest BCUT2D eigenvalue weighted by atomic mass is 9.88. The highest BCUT2D eigenvalue weighted by atomic mass is 35.5. The smallest absolute Gasteiger partial charge is 0.410 e. The number of rotatable bonds is 38. The van der Waals surface area contributed by atoms with Gasteiger partial charge in [-0.15, -0.1) is 0 Å². The Hall–Kier alpha value is -7.47. The van der Waals surface area contributed by atoms with E-state index in [-0.39, 0.29) is 72.4 Å². The molecule has 4 aromatic carbocycles. The van der Waals surface area contributed by atoms with E-state index in [1.807, 2.05) is 135 Å². The fourth-order valence-electron chi connectivity index (χ4n) is 18.4. The summed E-state index contributed by atoms with van der Waals surface area (Å²) in [5, 5.41) is 26.4. The topological polar surface area (TPSA) is 362 Å². The highest BCUT2D eigenvalue weighted by molar-refractivity contribution is 6.31. The number of ether oxygens (including phenoxy) is 12. The van der Waals surface area contributed by atoms with E-state index >= 15 is 0 Å². The molecule has 135 heavy (non-hydrogen) atoms. The number of hydrogen-bond acceptors (Lipinski definition) is 22. The average Bonchev–Trinajstić information content (AvgIpc) is 0.822. The second-order valence-corrected chi connectivity index (χ2v) is 38.6. The molecule has 11 rings (SSSR count). The zero-order valence-electron chi connectivity index (χ0n) is 81.6. The van der Waals surface area contributed by atoms with Gasteiger partial charge in [-0.05, 0) is 245 Å². The number of carbonyl (C=O) groups excluding carboxylic acids is 7. The zero-order chi connectivity index (χ0) is 97.5. The Labute approximate surface area is 822 Å². The van der Waals surface area contributed by atoms with Gasteiger partial charge in [0.1, 0.15) is 5.60 Å². The van der Waals surface area contributed by atoms with E-state index in [1.54, 1.807) is 4.90 Å². The highest BCUT2D eigenvalue weighted by Gasteiger charge is 2.38. The molecule has 7 fully saturated rings. The van der Waals surface area contributed by atoms with Crippen molar-refractivity contribution in [3.05, 3.63) is 139 Å². The summed E-state index contributed by atoms with van der Waals surface area (Å²) in [6.45, 7) is 24.5. The maximum atomic E-state index is 13.3. The van der Waals surface area contributed by atoms with E-state index in [0.29, 0.717) is 129 Å². The lowest BCUT2D eigenvalue weighted by molar-refractivity contribution is -0.0246. The number of nitrogens with one attached hydrogen (secondary N) is 8. The number of nitrogens with zero attached hydrogens (tertiary/aromatic N) is 3. The number of hydrogen-bond donors (Lipinski definition) is 9. The molecule has 0 spiro atoms. The monoisotopic (exact) mass is 1970 g/mol. The summed E-state index contributed by atoms with van der Waals surface area (Å²) in [6, 6.07) is 31.3. The van der Waals surface area contributed by atoms with Gasteiger partial charge in [-0.1, -0.05) is 122 Å². The molecule has 10 N–H and O–H groups in total. The van der Waals surface area contributed by atoms with Crippen LogP contribution in [0.2, 0.25) is 20.1 Å². The largest absolute Gasteiger partial charge is 0.453 e. The highest BCUT2D eigenvalue weighted by Crippen LogP contribution is 2.39. The molecule has 31 nitrogen and oxygen atoms in total. The molecule has 0 bridgehead atoms. The Morgan fingerprint density at radius 2 is 0.793 bits per heavy atom. The van der Waals surface area contributed by atoms with Crippen LogP contribution in [0.15, 0.2) is 97.1 Å². The Kier molecular flexibility index (Phi) is 55.5. The van der Waals surface area contributed by atoms with Crippen LogP contribution in [0.4, 0.5) is 33.6 Å². The number of likely N-dealkylation sites (N-methyl/N-ethyl adjacent to an activating group) is 1. The van der Waals surface area contributed by atoms with Crippen LogP contribution in [-0.2, 0) is 56.8 Å². The number of amides is 9. The summed E-state index contributed by atoms with van der Waals surface area (Å²) in [5.41, 5.74) is 9.41. The van der Waals surface area contributed by atoms with Crippen LogP contribution in [0.1, 0.15) is 216 Å². The van der Waals surface area contributed by atoms with Crippen molar-refractivity contribution in [1.29, 1.82) is 0 Å². The first-order chi connectivity index (χ1) is 65.2. The number of likely N-dealkylation sites (tertiary alicyclic amines) is 3. The minimum Gasteiger partial charge on any atom is -0.453 e. The molecule has 4 aromatic rings. The molecule has 35 heteroatoms. The van der Waals surface area contributed by atoms with Crippen LogP contribution < -0.4 is 48.3 Å². The molecular weight excluding hydrogens is 1810 g/mol. The first-order valence-electron chi connectivity index (χ1n) is 48.9. The molecular formula is C100H158Cl4N12O19. The molecule has 0 aliphatic carbocycles. The molecule has 7 aliphatic heterocycles. The Bertz CT molecular complexity index is 3880. The van der Waals surface area contributed by atoms with Gasteiger partial charge in [0.25, 0.3) is 0 Å². The van der Waals surface area contributed by atoms with Crippen LogP contribution in [0.3, 0.4) is 0 Å². The minimum absolute atomic E-state index is 0.00656. The van der Waals surface area contributed by atoms with Gasteiger partial charge in [0.05, 0.1) is 79.3 Å². The van der Waals surface area contributed by atoms with Crippen LogP contribution in [-0.4, -0.2) is 268 Å². The third kappa shape index (κ3) is 45.1.